The number of benzene rings is 3. The predicted octanol–water partition coefficient (Wildman–Crippen LogP) is 5.52. The van der Waals surface area contributed by atoms with Crippen molar-refractivity contribution in [2.24, 2.45) is 0 Å². The van der Waals surface area contributed by atoms with Crippen LogP contribution in [-0.4, -0.2) is 37.0 Å². The third-order valence-electron chi connectivity index (χ3n) is 5.05. The van der Waals surface area contributed by atoms with E-state index >= 15 is 0 Å². The standard InChI is InChI=1S/C22H13F4IO9S/c23-11-7-14(27)19-17(8-11)34-16-9-13-10(6-15(16)35-21(29)36-19)2-1-3-12(13)20(28)33-5-4-18(24)22(25,26)37(30,31)32/h1-3,6-9,18H,4-5H2,(H,30,31,32). The number of ether oxygens (including phenoxy) is 1. The predicted molar refractivity (Wildman–Crippen MR) is 129 cm³/mol. The van der Waals surface area contributed by atoms with Crippen molar-refractivity contribution in [1.82, 2.24) is 0 Å². The molecule has 1 aromatic heterocycles. The largest absolute Gasteiger partial charge is 0.519 e. The van der Waals surface area contributed by atoms with Gasteiger partial charge >= 0.3 is 27.2 Å². The summed E-state index contributed by atoms with van der Waals surface area (Å²) in [4.78, 5) is 24.8. The van der Waals surface area contributed by atoms with Crippen LogP contribution in [-0.2, 0) is 14.9 Å². The Morgan fingerprint density at radius 3 is 2.49 bits per heavy atom. The molecule has 1 N–H and O–H groups in total. The molecule has 1 heterocycles. The van der Waals surface area contributed by atoms with Gasteiger partial charge in [0, 0.05) is 17.9 Å². The molecular formula is C22H13F4IO9S. The fourth-order valence-electron chi connectivity index (χ4n) is 3.31. The minimum absolute atomic E-state index is 0.104. The fraction of sp³-hybridized carbons (Fsp3) is 0.182. The lowest BCUT2D eigenvalue weighted by molar-refractivity contribution is -0.0162. The van der Waals surface area contributed by atoms with E-state index in [0.717, 1.165) is 12.1 Å². The van der Waals surface area contributed by atoms with Crippen LogP contribution >= 0.6 is 22.6 Å². The molecule has 0 aliphatic heterocycles. The van der Waals surface area contributed by atoms with Gasteiger partial charge in [-0.15, -0.1) is 0 Å². The first-order chi connectivity index (χ1) is 17.3. The minimum atomic E-state index is -6.01. The van der Waals surface area contributed by atoms with Crippen molar-refractivity contribution in [3.8, 4) is 0 Å². The summed E-state index contributed by atoms with van der Waals surface area (Å²) in [6, 6.07) is 8.92. The van der Waals surface area contributed by atoms with Crippen LogP contribution in [0.5, 0.6) is 0 Å². The zero-order valence-corrected chi connectivity index (χ0v) is 21.0. The summed E-state index contributed by atoms with van der Waals surface area (Å²) >= 11 is 1.73. The van der Waals surface area contributed by atoms with Crippen molar-refractivity contribution in [2.45, 2.75) is 17.8 Å². The van der Waals surface area contributed by atoms with Gasteiger partial charge in [-0.2, -0.15) is 17.2 Å². The third kappa shape index (κ3) is 5.42. The van der Waals surface area contributed by atoms with Crippen LogP contribution in [0, 0.1) is 9.39 Å². The smallest absolute Gasteiger partial charge is 0.462 e. The summed E-state index contributed by atoms with van der Waals surface area (Å²) in [7, 11) is -6.01. The van der Waals surface area contributed by atoms with Crippen LogP contribution in [0.1, 0.15) is 16.8 Å². The molecule has 0 fully saturated rings. The average Bonchev–Trinajstić information content (AvgIpc) is 2.79. The molecule has 0 amide bonds. The van der Waals surface area contributed by atoms with Gasteiger partial charge in [0.2, 0.25) is 0 Å². The Labute approximate surface area is 217 Å². The highest BCUT2D eigenvalue weighted by molar-refractivity contribution is 14.1. The van der Waals surface area contributed by atoms with Crippen LogP contribution in [0.25, 0.3) is 33.1 Å². The number of hydrogen-bond donors (Lipinski definition) is 1. The Balaban J connectivity index is 1.74. The molecule has 196 valence electrons. The zero-order chi connectivity index (χ0) is 27.1. The Morgan fingerprint density at radius 1 is 1.08 bits per heavy atom. The summed E-state index contributed by atoms with van der Waals surface area (Å²) in [6.07, 6.45) is -4.56. The summed E-state index contributed by atoms with van der Waals surface area (Å²) in [5.74, 6) is -2.90. The van der Waals surface area contributed by atoms with Crippen LogP contribution in [0.15, 0.2) is 60.5 Å². The van der Waals surface area contributed by atoms with Gasteiger partial charge in [0.05, 0.1) is 15.7 Å². The molecule has 37 heavy (non-hydrogen) atoms. The normalized spacial score (nSPS) is 13.1. The second kappa shape index (κ2) is 9.94. The first-order valence-electron chi connectivity index (χ1n) is 10.1. The van der Waals surface area contributed by atoms with E-state index in [9.17, 15) is 35.6 Å². The highest BCUT2D eigenvalue weighted by Gasteiger charge is 2.52. The van der Waals surface area contributed by atoms with Gasteiger partial charge in [-0.05, 0) is 52.2 Å². The van der Waals surface area contributed by atoms with E-state index in [-0.39, 0.29) is 36.9 Å². The summed E-state index contributed by atoms with van der Waals surface area (Å²) in [5, 5.41) is -4.57. The maximum absolute atomic E-state index is 14.0. The highest BCUT2D eigenvalue weighted by Crippen LogP contribution is 2.30. The molecule has 0 bridgehead atoms. The minimum Gasteiger partial charge on any atom is -0.462 e. The number of rotatable bonds is 6. The Morgan fingerprint density at radius 2 is 1.78 bits per heavy atom. The molecule has 0 aliphatic carbocycles. The maximum Gasteiger partial charge on any atom is 0.519 e. The van der Waals surface area contributed by atoms with Crippen molar-refractivity contribution in [2.75, 3.05) is 6.61 Å². The van der Waals surface area contributed by atoms with Crippen LogP contribution < -0.4 is 5.82 Å². The van der Waals surface area contributed by atoms with E-state index in [2.05, 4.69) is 0 Å². The van der Waals surface area contributed by atoms with Gasteiger partial charge in [0.15, 0.2) is 28.5 Å². The van der Waals surface area contributed by atoms with Gasteiger partial charge in [0.1, 0.15) is 5.82 Å². The van der Waals surface area contributed by atoms with E-state index in [1.807, 2.05) is 0 Å². The van der Waals surface area contributed by atoms with E-state index in [1.165, 1.54) is 30.3 Å². The van der Waals surface area contributed by atoms with Crippen LogP contribution in [0.2, 0.25) is 0 Å². The third-order valence-corrected chi connectivity index (χ3v) is 6.80. The number of carbonyl (C=O) groups is 1. The van der Waals surface area contributed by atoms with Gasteiger partial charge in [0.25, 0.3) is 0 Å². The highest BCUT2D eigenvalue weighted by atomic mass is 127. The van der Waals surface area contributed by atoms with Crippen molar-refractivity contribution < 1.29 is 53.3 Å². The molecule has 15 heteroatoms. The van der Waals surface area contributed by atoms with E-state index in [4.69, 9.17) is 22.5 Å². The number of hydrogen-bond acceptors (Lipinski definition) is 8. The monoisotopic (exact) mass is 656 g/mol. The second-order valence-electron chi connectivity index (χ2n) is 7.53. The number of esters is 1. The van der Waals surface area contributed by atoms with Crippen molar-refractivity contribution >= 4 is 71.8 Å². The van der Waals surface area contributed by atoms with E-state index < -0.39 is 52.2 Å². The van der Waals surface area contributed by atoms with Gasteiger partial charge in [-0.1, -0.05) is 12.1 Å². The quantitative estimate of drug-likeness (QED) is 0.123. The average molecular weight is 656 g/mol. The van der Waals surface area contributed by atoms with Gasteiger partial charge in [-0.25, -0.2) is 18.4 Å². The van der Waals surface area contributed by atoms with Crippen LogP contribution in [0.3, 0.4) is 0 Å². The lowest BCUT2D eigenvalue weighted by Gasteiger charge is -2.17. The summed E-state index contributed by atoms with van der Waals surface area (Å²) in [6.45, 7) is -0.941. The molecule has 1 atom stereocenters. The number of halogens is 5. The molecule has 0 radical (unpaired) electrons. The van der Waals surface area contributed by atoms with Crippen molar-refractivity contribution in [1.29, 1.82) is 0 Å². The molecule has 0 spiro atoms. The summed E-state index contributed by atoms with van der Waals surface area (Å²) < 4.78 is 105. The molecular weight excluding hydrogens is 643 g/mol. The Hall–Kier alpha value is -3.18. The molecule has 0 aliphatic rings. The molecule has 4 rings (SSSR count). The maximum atomic E-state index is 14.0. The van der Waals surface area contributed by atoms with Crippen molar-refractivity contribution in [3.63, 3.8) is 0 Å². The molecule has 9 nitrogen and oxygen atoms in total. The second-order valence-corrected chi connectivity index (χ2v) is 10.2. The van der Waals surface area contributed by atoms with Gasteiger partial charge in [-0.3, -0.25) is 4.55 Å². The Kier molecular flexibility index (Phi) is 7.22. The SMILES string of the molecule is O=C(OCCC(F)C(F)(F)S(=O)(=O)O)c1cccc2cc3oc(=O)oc4c(I)cc(F)cc4oc3cc12. The lowest BCUT2D eigenvalue weighted by Crippen LogP contribution is -2.39. The molecule has 1 unspecified atom stereocenters. The fourth-order valence-corrected chi connectivity index (χ4v) is 4.42. The van der Waals surface area contributed by atoms with Crippen LogP contribution in [0.4, 0.5) is 17.6 Å². The summed E-state index contributed by atoms with van der Waals surface area (Å²) in [5.41, 5.74) is -0.618. The zero-order valence-electron chi connectivity index (χ0n) is 18.0. The van der Waals surface area contributed by atoms with E-state index in [0.29, 0.717) is 5.39 Å². The topological polar surface area (TPSA) is 137 Å². The first kappa shape index (κ1) is 26.9. The Bertz CT molecular complexity index is 1760. The molecule has 0 saturated carbocycles. The number of fused-ring (bicyclic) bond motifs is 3. The molecule has 0 saturated heterocycles. The van der Waals surface area contributed by atoms with Crippen molar-refractivity contribution in [3.05, 3.63) is 68.0 Å². The molecule has 3 aromatic carbocycles. The molecule has 4 aromatic rings. The van der Waals surface area contributed by atoms with E-state index in [1.54, 1.807) is 22.6 Å². The van der Waals surface area contributed by atoms with Gasteiger partial charge < -0.3 is 18.0 Å². The first-order valence-corrected chi connectivity index (χ1v) is 12.6. The number of carbonyl (C=O) groups excluding carboxylic acids is 1. The number of alkyl halides is 3. The lowest BCUT2D eigenvalue weighted by atomic mass is 10.0.